The third-order valence-electron chi connectivity index (χ3n) is 6.50. The number of likely N-dealkylation sites (N-methyl/N-ethyl adjacent to an activating group) is 1. The van der Waals surface area contributed by atoms with E-state index in [-0.39, 0.29) is 5.41 Å². The van der Waals surface area contributed by atoms with Gasteiger partial charge in [-0.2, -0.15) is 5.26 Å². The van der Waals surface area contributed by atoms with Gasteiger partial charge < -0.3 is 14.7 Å². The first kappa shape index (κ1) is 17.3. The molecule has 3 fully saturated rings. The summed E-state index contributed by atoms with van der Waals surface area (Å²) in [6.45, 7) is 4.93. The molecule has 138 valence electrons. The maximum atomic E-state index is 12.5. The highest BCUT2D eigenvalue weighted by Crippen LogP contribution is 2.42. The zero-order chi connectivity index (χ0) is 18.1. The Morgan fingerprint density at radius 1 is 1.23 bits per heavy atom. The molecule has 6 nitrogen and oxygen atoms in total. The van der Waals surface area contributed by atoms with Crippen LogP contribution in [-0.4, -0.2) is 66.5 Å². The molecule has 0 radical (unpaired) electrons. The molecule has 26 heavy (non-hydrogen) atoms. The van der Waals surface area contributed by atoms with Crippen LogP contribution in [-0.2, 0) is 4.79 Å². The second-order valence-electron chi connectivity index (χ2n) is 8.21. The fourth-order valence-electron chi connectivity index (χ4n) is 4.82. The van der Waals surface area contributed by atoms with E-state index in [0.717, 1.165) is 64.2 Å². The van der Waals surface area contributed by atoms with E-state index in [1.165, 1.54) is 0 Å². The van der Waals surface area contributed by atoms with Gasteiger partial charge in [0.2, 0.25) is 5.91 Å². The van der Waals surface area contributed by atoms with Crippen molar-refractivity contribution in [3.63, 3.8) is 0 Å². The lowest BCUT2D eigenvalue weighted by atomic mass is 9.72. The van der Waals surface area contributed by atoms with E-state index in [4.69, 9.17) is 5.26 Å². The van der Waals surface area contributed by atoms with Gasteiger partial charge in [-0.1, -0.05) is 6.07 Å². The lowest BCUT2D eigenvalue weighted by Gasteiger charge is -2.49. The molecular weight excluding hydrogens is 326 g/mol. The highest BCUT2D eigenvalue weighted by Gasteiger charge is 2.43. The van der Waals surface area contributed by atoms with Gasteiger partial charge in [0.1, 0.15) is 17.6 Å². The van der Waals surface area contributed by atoms with E-state index < -0.39 is 0 Å². The van der Waals surface area contributed by atoms with E-state index in [2.05, 4.69) is 32.8 Å². The number of amides is 1. The van der Waals surface area contributed by atoms with Crippen molar-refractivity contribution >= 4 is 11.7 Å². The normalized spacial score (nSPS) is 26.3. The molecule has 1 aromatic heterocycles. The first-order valence-electron chi connectivity index (χ1n) is 9.69. The summed E-state index contributed by atoms with van der Waals surface area (Å²) in [6, 6.07) is 8.17. The molecule has 0 N–H and O–H groups in total. The largest absolute Gasteiger partial charge is 0.357 e. The van der Waals surface area contributed by atoms with Crippen LogP contribution < -0.4 is 4.90 Å². The SMILES string of the molecule is CN1CCC(N2CC3(CCC2=O)CCN(c2cccc(C#N)n2)CC3)C1. The van der Waals surface area contributed by atoms with Crippen molar-refractivity contribution in [3.05, 3.63) is 23.9 Å². The fourth-order valence-corrected chi connectivity index (χ4v) is 4.82. The molecular formula is C20H27N5O. The number of pyridine rings is 1. The first-order valence-corrected chi connectivity index (χ1v) is 9.69. The number of hydrogen-bond acceptors (Lipinski definition) is 5. The Labute approximate surface area is 155 Å². The van der Waals surface area contributed by atoms with Gasteiger partial charge in [-0.25, -0.2) is 4.98 Å². The van der Waals surface area contributed by atoms with Gasteiger partial charge in [0.15, 0.2) is 0 Å². The van der Waals surface area contributed by atoms with E-state index >= 15 is 0 Å². The Balaban J connectivity index is 1.42. The highest BCUT2D eigenvalue weighted by molar-refractivity contribution is 5.77. The lowest BCUT2D eigenvalue weighted by molar-refractivity contribution is -0.141. The zero-order valence-electron chi connectivity index (χ0n) is 15.5. The molecule has 1 spiro atoms. The van der Waals surface area contributed by atoms with E-state index in [1.807, 2.05) is 12.1 Å². The Morgan fingerprint density at radius 3 is 2.73 bits per heavy atom. The van der Waals surface area contributed by atoms with Crippen LogP contribution in [0.2, 0.25) is 0 Å². The number of nitriles is 1. The summed E-state index contributed by atoms with van der Waals surface area (Å²) in [5.41, 5.74) is 0.737. The summed E-state index contributed by atoms with van der Waals surface area (Å²) in [7, 11) is 2.14. The topological polar surface area (TPSA) is 63.5 Å². The number of nitrogens with zero attached hydrogens (tertiary/aromatic N) is 5. The average molecular weight is 353 g/mol. The standard InChI is InChI=1S/C20H27N5O/c1-23-10-6-17(14-23)25-15-20(7-5-19(25)26)8-11-24(12-9-20)18-4-2-3-16(13-21)22-18/h2-4,17H,5-12,14-15H2,1H3. The van der Waals surface area contributed by atoms with Crippen molar-refractivity contribution in [1.29, 1.82) is 5.26 Å². The van der Waals surface area contributed by atoms with Gasteiger partial charge in [-0.15, -0.1) is 0 Å². The van der Waals surface area contributed by atoms with Crippen molar-refractivity contribution < 1.29 is 4.79 Å². The molecule has 3 aliphatic heterocycles. The number of hydrogen-bond donors (Lipinski definition) is 0. The van der Waals surface area contributed by atoms with Crippen LogP contribution in [0.3, 0.4) is 0 Å². The van der Waals surface area contributed by atoms with E-state index in [9.17, 15) is 4.79 Å². The van der Waals surface area contributed by atoms with Crippen LogP contribution in [0.25, 0.3) is 0 Å². The molecule has 1 amide bonds. The van der Waals surface area contributed by atoms with Gasteiger partial charge in [-0.3, -0.25) is 4.79 Å². The lowest BCUT2D eigenvalue weighted by Crippen LogP contribution is -2.55. The van der Waals surface area contributed by atoms with Crippen LogP contribution in [0.4, 0.5) is 5.82 Å². The Hall–Kier alpha value is -2.13. The van der Waals surface area contributed by atoms with Gasteiger partial charge in [0.05, 0.1) is 0 Å². The second kappa shape index (κ2) is 6.88. The summed E-state index contributed by atoms with van der Waals surface area (Å²) in [4.78, 5) is 23.8. The number of likely N-dealkylation sites (tertiary alicyclic amines) is 2. The molecule has 0 bridgehead atoms. The Morgan fingerprint density at radius 2 is 2.04 bits per heavy atom. The summed E-state index contributed by atoms with van der Waals surface area (Å²) < 4.78 is 0. The smallest absolute Gasteiger partial charge is 0.222 e. The van der Waals surface area contributed by atoms with Crippen LogP contribution in [0.5, 0.6) is 0 Å². The fraction of sp³-hybridized carbons (Fsp3) is 0.650. The molecule has 1 unspecified atom stereocenters. The number of rotatable bonds is 2. The summed E-state index contributed by atoms with van der Waals surface area (Å²) >= 11 is 0. The predicted molar refractivity (Wildman–Crippen MR) is 99.7 cm³/mol. The molecule has 0 saturated carbocycles. The third-order valence-corrected chi connectivity index (χ3v) is 6.50. The number of carbonyl (C=O) groups excluding carboxylic acids is 1. The summed E-state index contributed by atoms with van der Waals surface area (Å²) in [5.74, 6) is 1.25. The van der Waals surface area contributed by atoms with E-state index in [0.29, 0.717) is 24.1 Å². The molecule has 6 heteroatoms. The molecule has 1 aromatic rings. The van der Waals surface area contributed by atoms with Gasteiger partial charge in [0, 0.05) is 38.6 Å². The summed E-state index contributed by atoms with van der Waals surface area (Å²) in [5, 5.41) is 9.06. The van der Waals surface area contributed by atoms with Crippen molar-refractivity contribution in [2.24, 2.45) is 5.41 Å². The molecule has 1 atom stereocenters. The third kappa shape index (κ3) is 3.28. The minimum absolute atomic E-state index is 0.262. The summed E-state index contributed by atoms with van der Waals surface area (Å²) in [6.07, 6.45) is 5.01. The molecule has 0 aromatic carbocycles. The van der Waals surface area contributed by atoms with Crippen molar-refractivity contribution in [3.8, 4) is 6.07 Å². The monoisotopic (exact) mass is 353 g/mol. The van der Waals surface area contributed by atoms with Crippen LogP contribution in [0.1, 0.15) is 37.8 Å². The maximum absolute atomic E-state index is 12.5. The Kier molecular flexibility index (Phi) is 4.58. The maximum Gasteiger partial charge on any atom is 0.222 e. The molecule has 4 rings (SSSR count). The van der Waals surface area contributed by atoms with Crippen LogP contribution in [0, 0.1) is 16.7 Å². The second-order valence-corrected chi connectivity index (χ2v) is 8.21. The van der Waals surface area contributed by atoms with Crippen LogP contribution in [0.15, 0.2) is 18.2 Å². The molecule has 3 aliphatic rings. The number of carbonyl (C=O) groups is 1. The van der Waals surface area contributed by atoms with E-state index in [1.54, 1.807) is 6.07 Å². The molecule has 4 heterocycles. The quantitative estimate of drug-likeness (QED) is 0.812. The zero-order valence-corrected chi connectivity index (χ0v) is 15.5. The van der Waals surface area contributed by atoms with Gasteiger partial charge >= 0.3 is 0 Å². The van der Waals surface area contributed by atoms with Gasteiger partial charge in [-0.05, 0) is 56.8 Å². The average Bonchev–Trinajstić information content (AvgIpc) is 3.11. The van der Waals surface area contributed by atoms with Gasteiger partial charge in [0.25, 0.3) is 0 Å². The van der Waals surface area contributed by atoms with Crippen molar-refractivity contribution in [1.82, 2.24) is 14.8 Å². The first-order chi connectivity index (χ1) is 12.6. The predicted octanol–water partition coefficient (Wildman–Crippen LogP) is 1.87. The Bertz CT molecular complexity index is 719. The number of anilines is 1. The number of aromatic nitrogens is 1. The molecule has 0 aliphatic carbocycles. The van der Waals surface area contributed by atoms with Crippen LogP contribution >= 0.6 is 0 Å². The highest BCUT2D eigenvalue weighted by atomic mass is 16.2. The van der Waals surface area contributed by atoms with Crippen molar-refractivity contribution in [2.75, 3.05) is 44.7 Å². The van der Waals surface area contributed by atoms with Crippen molar-refractivity contribution in [2.45, 2.75) is 38.1 Å². The minimum Gasteiger partial charge on any atom is -0.357 e. The molecule has 3 saturated heterocycles. The minimum atomic E-state index is 0.262. The number of piperidine rings is 2.